The Morgan fingerprint density at radius 3 is 3.13 bits per heavy atom. The Morgan fingerprint density at radius 1 is 1.73 bits per heavy atom. The summed E-state index contributed by atoms with van der Waals surface area (Å²) in [5.74, 6) is 0.139. The lowest BCUT2D eigenvalue weighted by atomic mass is 10.4. The van der Waals surface area contributed by atoms with E-state index >= 15 is 0 Å². The Kier molecular flexibility index (Phi) is 3.16. The molecular formula is C9H12N2O2S2. The molecule has 0 bridgehead atoms. The molecule has 1 N–H and O–H groups in total. The van der Waals surface area contributed by atoms with Gasteiger partial charge in [0.25, 0.3) is 0 Å². The molecule has 0 aliphatic carbocycles. The van der Waals surface area contributed by atoms with E-state index in [0.717, 1.165) is 24.0 Å². The molecule has 4 nitrogen and oxygen atoms in total. The highest BCUT2D eigenvalue weighted by Crippen LogP contribution is 2.26. The van der Waals surface area contributed by atoms with Crippen molar-refractivity contribution in [1.82, 2.24) is 4.98 Å². The molecule has 2 rings (SSSR count). The van der Waals surface area contributed by atoms with Gasteiger partial charge in [-0.05, 0) is 0 Å². The van der Waals surface area contributed by atoms with E-state index < -0.39 is 5.97 Å². The highest BCUT2D eigenvalue weighted by Gasteiger charge is 2.20. The van der Waals surface area contributed by atoms with Crippen LogP contribution in [0, 0.1) is 0 Å². The molecule has 1 fully saturated rings. The van der Waals surface area contributed by atoms with Crippen molar-refractivity contribution in [3.63, 3.8) is 0 Å². The third kappa shape index (κ3) is 2.43. The Bertz CT molecular complexity index is 367. The van der Waals surface area contributed by atoms with E-state index in [1.807, 2.05) is 11.8 Å². The summed E-state index contributed by atoms with van der Waals surface area (Å²) in [5, 5.41) is 11.8. The van der Waals surface area contributed by atoms with E-state index in [1.165, 1.54) is 11.3 Å². The molecule has 82 valence electrons. The zero-order valence-electron chi connectivity index (χ0n) is 8.34. The molecule has 1 aromatic rings. The largest absolute Gasteiger partial charge is 0.476 e. The third-order valence-corrected chi connectivity index (χ3v) is 4.26. The smallest absolute Gasteiger partial charge is 0.355 e. The maximum absolute atomic E-state index is 10.7. The van der Waals surface area contributed by atoms with Crippen molar-refractivity contribution in [3.8, 4) is 0 Å². The van der Waals surface area contributed by atoms with Gasteiger partial charge in [-0.15, -0.1) is 11.3 Å². The molecule has 1 aliphatic heterocycles. The van der Waals surface area contributed by atoms with E-state index in [1.54, 1.807) is 5.38 Å². The lowest BCUT2D eigenvalue weighted by molar-refractivity contribution is 0.0691. The minimum Gasteiger partial charge on any atom is -0.476 e. The Hall–Kier alpha value is -0.750. The van der Waals surface area contributed by atoms with Crippen LogP contribution in [0.4, 0.5) is 5.13 Å². The average Bonchev–Trinajstić information content (AvgIpc) is 2.66. The molecule has 2 heterocycles. The number of aromatic nitrogens is 1. The van der Waals surface area contributed by atoms with Crippen LogP contribution in [0.2, 0.25) is 0 Å². The summed E-state index contributed by atoms with van der Waals surface area (Å²) >= 11 is 3.36. The van der Waals surface area contributed by atoms with Gasteiger partial charge in [-0.25, -0.2) is 9.78 Å². The molecule has 0 saturated carbocycles. The Morgan fingerprint density at radius 2 is 2.53 bits per heavy atom. The van der Waals surface area contributed by atoms with E-state index in [4.69, 9.17) is 5.11 Å². The number of rotatable bonds is 2. The summed E-state index contributed by atoms with van der Waals surface area (Å²) in [6.07, 6.45) is 0. The number of aromatic carboxylic acids is 1. The first-order chi connectivity index (χ1) is 7.16. The summed E-state index contributed by atoms with van der Waals surface area (Å²) in [7, 11) is 0. The van der Waals surface area contributed by atoms with Crippen molar-refractivity contribution in [1.29, 1.82) is 0 Å². The van der Waals surface area contributed by atoms with E-state index in [0.29, 0.717) is 5.25 Å². The van der Waals surface area contributed by atoms with Crippen LogP contribution in [0.15, 0.2) is 5.38 Å². The summed E-state index contributed by atoms with van der Waals surface area (Å²) in [5.41, 5.74) is 0.154. The maximum atomic E-state index is 10.7. The van der Waals surface area contributed by atoms with Crippen LogP contribution in [0.1, 0.15) is 17.4 Å². The normalized spacial score (nSPS) is 21.7. The summed E-state index contributed by atoms with van der Waals surface area (Å²) < 4.78 is 0. The van der Waals surface area contributed by atoms with Crippen LogP contribution in [0.5, 0.6) is 0 Å². The summed E-state index contributed by atoms with van der Waals surface area (Å²) in [4.78, 5) is 17.0. The fourth-order valence-corrected chi connectivity index (χ4v) is 3.35. The van der Waals surface area contributed by atoms with Crippen molar-refractivity contribution in [2.45, 2.75) is 12.2 Å². The lowest BCUT2D eigenvalue weighted by Crippen LogP contribution is -2.36. The predicted octanol–water partition coefficient (Wildman–Crippen LogP) is 1.78. The highest BCUT2D eigenvalue weighted by molar-refractivity contribution is 8.00. The standard InChI is InChI=1S/C9H12N2O2S2/c1-6-4-11(2-3-14-6)9-10-7(5-15-9)8(12)13/h5-6H,2-4H2,1H3,(H,12,13). The first-order valence-corrected chi connectivity index (χ1v) is 6.65. The molecule has 0 aromatic carbocycles. The first-order valence-electron chi connectivity index (χ1n) is 4.72. The number of carbonyl (C=O) groups is 1. The van der Waals surface area contributed by atoms with Gasteiger partial charge in [-0.2, -0.15) is 11.8 Å². The number of anilines is 1. The van der Waals surface area contributed by atoms with Gasteiger partial charge in [-0.1, -0.05) is 6.92 Å². The number of carboxylic acids is 1. The van der Waals surface area contributed by atoms with Gasteiger partial charge in [0.05, 0.1) is 0 Å². The van der Waals surface area contributed by atoms with Gasteiger partial charge in [-0.3, -0.25) is 0 Å². The van der Waals surface area contributed by atoms with Crippen LogP contribution in [-0.4, -0.2) is 40.2 Å². The number of hydrogen-bond donors (Lipinski definition) is 1. The second-order valence-electron chi connectivity index (χ2n) is 3.45. The van der Waals surface area contributed by atoms with Gasteiger partial charge in [0.15, 0.2) is 10.8 Å². The van der Waals surface area contributed by atoms with Crippen molar-refractivity contribution < 1.29 is 9.90 Å². The van der Waals surface area contributed by atoms with Crippen molar-refractivity contribution in [2.75, 3.05) is 23.7 Å². The van der Waals surface area contributed by atoms with Crippen LogP contribution in [0.3, 0.4) is 0 Å². The second-order valence-corrected chi connectivity index (χ2v) is 5.83. The molecule has 0 amide bonds. The molecule has 0 radical (unpaired) electrons. The highest BCUT2D eigenvalue weighted by atomic mass is 32.2. The van der Waals surface area contributed by atoms with Crippen LogP contribution in [0.25, 0.3) is 0 Å². The molecule has 1 atom stereocenters. The molecule has 1 aromatic heterocycles. The first kappa shape index (κ1) is 10.8. The number of nitrogens with zero attached hydrogens (tertiary/aromatic N) is 2. The average molecular weight is 244 g/mol. The van der Waals surface area contributed by atoms with E-state index in [2.05, 4.69) is 16.8 Å². The molecule has 1 saturated heterocycles. The number of carboxylic acid groups (broad SMARTS) is 1. The van der Waals surface area contributed by atoms with Crippen molar-refractivity contribution in [2.24, 2.45) is 0 Å². The number of hydrogen-bond acceptors (Lipinski definition) is 5. The van der Waals surface area contributed by atoms with E-state index in [-0.39, 0.29) is 5.69 Å². The van der Waals surface area contributed by atoms with Crippen LogP contribution in [-0.2, 0) is 0 Å². The van der Waals surface area contributed by atoms with Gasteiger partial charge in [0.1, 0.15) is 0 Å². The monoisotopic (exact) mass is 244 g/mol. The topological polar surface area (TPSA) is 53.4 Å². The number of thiazole rings is 1. The Labute approximate surface area is 96.3 Å². The van der Waals surface area contributed by atoms with E-state index in [9.17, 15) is 4.79 Å². The minimum atomic E-state index is -0.947. The van der Waals surface area contributed by atoms with Crippen LogP contribution >= 0.6 is 23.1 Å². The summed E-state index contributed by atoms with van der Waals surface area (Å²) in [6, 6.07) is 0. The third-order valence-electron chi connectivity index (χ3n) is 2.22. The Balaban J connectivity index is 2.11. The van der Waals surface area contributed by atoms with Crippen LogP contribution < -0.4 is 4.90 Å². The fraction of sp³-hybridized carbons (Fsp3) is 0.556. The molecule has 1 aliphatic rings. The zero-order valence-corrected chi connectivity index (χ0v) is 9.98. The predicted molar refractivity (Wildman–Crippen MR) is 63.2 cm³/mol. The number of thioether (sulfide) groups is 1. The van der Waals surface area contributed by atoms with Crippen molar-refractivity contribution in [3.05, 3.63) is 11.1 Å². The second kappa shape index (κ2) is 4.40. The SMILES string of the molecule is CC1CN(c2nc(C(=O)O)cs2)CCS1. The van der Waals surface area contributed by atoms with Crippen molar-refractivity contribution >= 4 is 34.2 Å². The van der Waals surface area contributed by atoms with Gasteiger partial charge >= 0.3 is 5.97 Å². The maximum Gasteiger partial charge on any atom is 0.355 e. The molecule has 6 heteroatoms. The molecule has 15 heavy (non-hydrogen) atoms. The molecule has 1 unspecified atom stereocenters. The quantitative estimate of drug-likeness (QED) is 0.859. The minimum absolute atomic E-state index is 0.154. The molecular weight excluding hydrogens is 232 g/mol. The van der Waals surface area contributed by atoms with Gasteiger partial charge in [0.2, 0.25) is 0 Å². The van der Waals surface area contributed by atoms with Gasteiger partial charge in [0, 0.05) is 29.5 Å². The summed E-state index contributed by atoms with van der Waals surface area (Å²) in [6.45, 7) is 4.10. The molecule has 0 spiro atoms. The lowest BCUT2D eigenvalue weighted by Gasteiger charge is -2.30. The van der Waals surface area contributed by atoms with Gasteiger partial charge < -0.3 is 10.0 Å². The fourth-order valence-electron chi connectivity index (χ4n) is 1.50. The zero-order chi connectivity index (χ0) is 10.8.